The molecule has 4 rings (SSSR count). The van der Waals surface area contributed by atoms with Crippen LogP contribution in [0.15, 0.2) is 85.6 Å². The minimum Gasteiger partial charge on any atom is -0.493 e. The molecule has 0 aliphatic rings. The molecule has 1 N–H and O–H groups in total. The van der Waals surface area contributed by atoms with Gasteiger partial charge in [0, 0.05) is 24.2 Å². The molecule has 40 heavy (non-hydrogen) atoms. The third-order valence-electron chi connectivity index (χ3n) is 5.56. The van der Waals surface area contributed by atoms with Gasteiger partial charge >= 0.3 is 0 Å². The second-order valence-corrected chi connectivity index (χ2v) is 8.16. The van der Waals surface area contributed by atoms with Crippen LogP contribution in [0.2, 0.25) is 0 Å². The molecule has 0 radical (unpaired) electrons. The Bertz CT molecular complexity index is 1370. The molecule has 8 nitrogen and oxygen atoms in total. The number of imidazole rings is 1. The van der Waals surface area contributed by atoms with Gasteiger partial charge in [-0.3, -0.25) is 0 Å². The predicted molar refractivity (Wildman–Crippen MR) is 164 cm³/mol. The summed E-state index contributed by atoms with van der Waals surface area (Å²) in [5, 5.41) is 7.88. The molecule has 0 aliphatic heterocycles. The van der Waals surface area contributed by atoms with E-state index in [1.807, 2.05) is 62.6 Å². The maximum absolute atomic E-state index is 5.43. The first-order valence-electron chi connectivity index (χ1n) is 13.3. The van der Waals surface area contributed by atoms with Gasteiger partial charge in [-0.15, -0.1) is 5.10 Å². The van der Waals surface area contributed by atoms with Gasteiger partial charge in [-0.1, -0.05) is 81.1 Å². The minimum absolute atomic E-state index is 0.434. The van der Waals surface area contributed by atoms with Gasteiger partial charge in [-0.05, 0) is 25.8 Å². The summed E-state index contributed by atoms with van der Waals surface area (Å²) in [6.45, 7) is 11.4. The first-order valence-corrected chi connectivity index (χ1v) is 13.3. The molecule has 0 unspecified atom stereocenters. The highest BCUT2D eigenvalue weighted by Gasteiger charge is 2.15. The largest absolute Gasteiger partial charge is 0.493 e. The third-order valence-corrected chi connectivity index (χ3v) is 5.56. The van der Waals surface area contributed by atoms with E-state index >= 15 is 0 Å². The fourth-order valence-corrected chi connectivity index (χ4v) is 3.72. The highest BCUT2D eigenvalue weighted by molar-refractivity contribution is 5.66. The van der Waals surface area contributed by atoms with Crippen molar-refractivity contribution in [1.29, 1.82) is 0 Å². The number of hydrogen-bond acceptors (Lipinski definition) is 7. The normalized spacial score (nSPS) is 10.5. The van der Waals surface area contributed by atoms with Crippen LogP contribution in [-0.4, -0.2) is 40.9 Å². The number of methoxy groups -OCH3 is 3. The van der Waals surface area contributed by atoms with Crippen molar-refractivity contribution in [2.75, 3.05) is 26.6 Å². The average molecular weight is 544 g/mol. The number of nitrogens with one attached hydrogen (secondary N) is 1. The van der Waals surface area contributed by atoms with Crippen LogP contribution in [0.5, 0.6) is 17.2 Å². The standard InChI is InChI=1S/C25H27N5O3.C5H8.C2H6/c1-17-20-16-26-25(28-19-14-21(31-2)24(33-4)22(15-19)32-3)29-30(20)23(27-17)13-9-8-12-18-10-6-5-7-11-18;1-3-5-4-2;1-2/h5-11,14-16H,12-13H2,1-4H3,(H,28,29);3-5H,1H2,2H3;1-2H3/b9-8+;5-4-;. The summed E-state index contributed by atoms with van der Waals surface area (Å²) >= 11 is 0. The van der Waals surface area contributed by atoms with E-state index in [1.165, 1.54) is 5.56 Å². The van der Waals surface area contributed by atoms with Crippen molar-refractivity contribution < 1.29 is 14.2 Å². The first kappa shape index (κ1) is 31.6. The number of ether oxygens (including phenoxy) is 3. The van der Waals surface area contributed by atoms with Crippen LogP contribution in [-0.2, 0) is 12.8 Å². The SMILES string of the molecule is C=C/C=C\C.CC.COc1cc(Nc2ncc3c(C)nc(C/C=C/Cc4ccccc4)n3n2)cc(OC)c1OC. The minimum atomic E-state index is 0.434. The Morgan fingerprint density at radius 2 is 1.60 bits per heavy atom. The summed E-state index contributed by atoms with van der Waals surface area (Å²) in [6, 6.07) is 14.0. The number of aromatic nitrogens is 4. The van der Waals surface area contributed by atoms with Gasteiger partial charge in [0.25, 0.3) is 0 Å². The molecule has 0 saturated carbocycles. The maximum Gasteiger partial charge on any atom is 0.245 e. The average Bonchev–Trinajstić information content (AvgIpc) is 3.31. The molecule has 2 aromatic heterocycles. The second kappa shape index (κ2) is 17.1. The van der Waals surface area contributed by atoms with Crippen LogP contribution in [0.25, 0.3) is 5.52 Å². The summed E-state index contributed by atoms with van der Waals surface area (Å²) in [6.07, 6.45) is 13.2. The van der Waals surface area contributed by atoms with E-state index in [4.69, 9.17) is 14.2 Å². The van der Waals surface area contributed by atoms with Crippen molar-refractivity contribution >= 4 is 17.2 Å². The molecule has 0 fully saturated rings. The Labute approximate surface area is 238 Å². The quantitative estimate of drug-likeness (QED) is 0.166. The maximum atomic E-state index is 5.43. The summed E-state index contributed by atoms with van der Waals surface area (Å²) in [4.78, 5) is 9.14. The lowest BCUT2D eigenvalue weighted by molar-refractivity contribution is 0.324. The van der Waals surface area contributed by atoms with E-state index in [0.717, 1.165) is 23.5 Å². The number of aryl methyl sites for hydroxylation is 1. The number of benzene rings is 2. The summed E-state index contributed by atoms with van der Waals surface area (Å²) in [5.74, 6) is 2.90. The molecule has 2 aromatic carbocycles. The topological polar surface area (TPSA) is 82.8 Å². The molecule has 4 aromatic rings. The molecular weight excluding hydrogens is 502 g/mol. The number of allylic oxidation sites excluding steroid dienone is 5. The van der Waals surface area contributed by atoms with E-state index in [2.05, 4.69) is 51.2 Å². The third kappa shape index (κ3) is 8.73. The number of fused-ring (bicyclic) bond motifs is 1. The van der Waals surface area contributed by atoms with Crippen LogP contribution < -0.4 is 19.5 Å². The van der Waals surface area contributed by atoms with Gasteiger partial charge in [0.1, 0.15) is 11.3 Å². The molecular formula is C32H41N5O3. The Balaban J connectivity index is 0.000000722. The zero-order valence-corrected chi connectivity index (χ0v) is 24.6. The lowest BCUT2D eigenvalue weighted by Gasteiger charge is -2.14. The van der Waals surface area contributed by atoms with Crippen molar-refractivity contribution in [3.8, 4) is 17.2 Å². The van der Waals surface area contributed by atoms with Crippen LogP contribution in [0.3, 0.4) is 0 Å². The highest BCUT2D eigenvalue weighted by Crippen LogP contribution is 2.40. The highest BCUT2D eigenvalue weighted by atomic mass is 16.5. The molecule has 0 spiro atoms. The fraction of sp³-hybridized carbons (Fsp3) is 0.281. The Kier molecular flexibility index (Phi) is 13.5. The zero-order valence-electron chi connectivity index (χ0n) is 24.6. The summed E-state index contributed by atoms with van der Waals surface area (Å²) in [5.41, 5.74) is 3.75. The van der Waals surface area contributed by atoms with Crippen molar-refractivity contribution in [2.45, 2.75) is 40.5 Å². The molecule has 8 heteroatoms. The monoisotopic (exact) mass is 543 g/mol. The van der Waals surface area contributed by atoms with Gasteiger partial charge in [0.15, 0.2) is 11.5 Å². The van der Waals surface area contributed by atoms with Gasteiger partial charge in [0.05, 0.1) is 33.2 Å². The second-order valence-electron chi connectivity index (χ2n) is 8.16. The van der Waals surface area contributed by atoms with Crippen molar-refractivity contribution in [3.05, 3.63) is 103 Å². The lowest BCUT2D eigenvalue weighted by Crippen LogP contribution is -2.05. The number of anilines is 2. The molecule has 0 bridgehead atoms. The van der Waals surface area contributed by atoms with Gasteiger partial charge in [-0.2, -0.15) is 0 Å². The van der Waals surface area contributed by atoms with Gasteiger partial charge < -0.3 is 19.5 Å². The summed E-state index contributed by atoms with van der Waals surface area (Å²) in [7, 11) is 4.73. The Morgan fingerprint density at radius 1 is 0.950 bits per heavy atom. The van der Waals surface area contributed by atoms with Crippen LogP contribution >= 0.6 is 0 Å². The molecule has 212 valence electrons. The fourth-order valence-electron chi connectivity index (χ4n) is 3.72. The molecule has 2 heterocycles. The molecule has 0 aliphatic carbocycles. The number of rotatable bonds is 10. The van der Waals surface area contributed by atoms with E-state index < -0.39 is 0 Å². The van der Waals surface area contributed by atoms with E-state index in [0.29, 0.717) is 35.3 Å². The Morgan fingerprint density at radius 3 is 2.15 bits per heavy atom. The van der Waals surface area contributed by atoms with Crippen LogP contribution in [0, 0.1) is 6.92 Å². The molecule has 0 saturated heterocycles. The lowest BCUT2D eigenvalue weighted by atomic mass is 10.1. The van der Waals surface area contributed by atoms with E-state index in [1.54, 1.807) is 45.7 Å². The number of hydrogen-bond donors (Lipinski definition) is 1. The zero-order chi connectivity index (χ0) is 29.3. The Hall–Kier alpha value is -4.59. The molecule has 0 atom stereocenters. The van der Waals surface area contributed by atoms with E-state index in [9.17, 15) is 0 Å². The van der Waals surface area contributed by atoms with Crippen molar-refractivity contribution in [2.24, 2.45) is 0 Å². The predicted octanol–water partition coefficient (Wildman–Crippen LogP) is 7.32. The first-order chi connectivity index (χ1) is 19.5. The van der Waals surface area contributed by atoms with Gasteiger partial charge in [-0.25, -0.2) is 14.5 Å². The van der Waals surface area contributed by atoms with Crippen LogP contribution in [0.1, 0.15) is 37.9 Å². The number of nitrogens with zero attached hydrogens (tertiary/aromatic N) is 4. The smallest absolute Gasteiger partial charge is 0.245 e. The van der Waals surface area contributed by atoms with Crippen LogP contribution in [0.4, 0.5) is 11.6 Å². The van der Waals surface area contributed by atoms with E-state index in [-0.39, 0.29) is 0 Å². The van der Waals surface area contributed by atoms with Crippen molar-refractivity contribution in [1.82, 2.24) is 19.6 Å². The summed E-state index contributed by atoms with van der Waals surface area (Å²) < 4.78 is 18.1. The van der Waals surface area contributed by atoms with Gasteiger partial charge in [0.2, 0.25) is 11.7 Å². The van der Waals surface area contributed by atoms with Crippen molar-refractivity contribution in [3.63, 3.8) is 0 Å². The molecule has 0 amide bonds.